The number of fused-ring (bicyclic) bond motifs is 2. The molecule has 4 heteroatoms. The highest BCUT2D eigenvalue weighted by molar-refractivity contribution is 5.87. The van der Waals surface area contributed by atoms with Crippen LogP contribution in [0.3, 0.4) is 0 Å². The summed E-state index contributed by atoms with van der Waals surface area (Å²) in [5.41, 5.74) is 2.48. The summed E-state index contributed by atoms with van der Waals surface area (Å²) in [5.74, 6) is 0.533. The highest BCUT2D eigenvalue weighted by Gasteiger charge is 2.22. The minimum absolute atomic E-state index is 0.242. The highest BCUT2D eigenvalue weighted by Crippen LogP contribution is 2.34. The van der Waals surface area contributed by atoms with E-state index in [0.29, 0.717) is 0 Å². The lowest BCUT2D eigenvalue weighted by atomic mass is 9.99. The van der Waals surface area contributed by atoms with Gasteiger partial charge in [-0.15, -0.1) is 0 Å². The van der Waals surface area contributed by atoms with Gasteiger partial charge in [-0.05, 0) is 38.1 Å². The summed E-state index contributed by atoms with van der Waals surface area (Å²) in [6.45, 7) is 5.67. The number of esters is 1. The molecule has 3 rings (SSSR count). The lowest BCUT2D eigenvalue weighted by molar-refractivity contribution is -0.142. The van der Waals surface area contributed by atoms with Gasteiger partial charge in [-0.3, -0.25) is 9.78 Å². The molecule has 0 bridgehead atoms. The zero-order valence-electron chi connectivity index (χ0n) is 12.3. The van der Waals surface area contributed by atoms with Crippen molar-refractivity contribution in [3.63, 3.8) is 0 Å². The Morgan fingerprint density at radius 2 is 2.19 bits per heavy atom. The van der Waals surface area contributed by atoms with Crippen molar-refractivity contribution in [2.75, 3.05) is 0 Å². The maximum Gasteiger partial charge on any atom is 0.302 e. The Kier molecular flexibility index (Phi) is 3.16. The summed E-state index contributed by atoms with van der Waals surface area (Å²) >= 11 is 0. The minimum Gasteiger partial charge on any atom is -0.483 e. The van der Waals surface area contributed by atoms with E-state index in [0.717, 1.165) is 27.8 Å². The lowest BCUT2D eigenvalue weighted by Gasteiger charge is -2.28. The first kappa shape index (κ1) is 13.6. The molecular formula is C17H17NO3. The first-order valence-electron chi connectivity index (χ1n) is 6.88. The summed E-state index contributed by atoms with van der Waals surface area (Å²) in [6.07, 6.45) is 5.81. The number of aromatic nitrogens is 1. The van der Waals surface area contributed by atoms with Gasteiger partial charge in [0.2, 0.25) is 0 Å². The normalized spacial score (nSPS) is 15.4. The Labute approximate surface area is 123 Å². The monoisotopic (exact) mass is 283 g/mol. The molecule has 21 heavy (non-hydrogen) atoms. The minimum atomic E-state index is -0.321. The van der Waals surface area contributed by atoms with Gasteiger partial charge in [0.15, 0.2) is 0 Å². The molecule has 0 saturated heterocycles. The van der Waals surface area contributed by atoms with E-state index in [4.69, 9.17) is 9.47 Å². The molecule has 4 nitrogen and oxygen atoms in total. The number of rotatable bonds is 2. The molecule has 0 aliphatic carbocycles. The van der Waals surface area contributed by atoms with Crippen molar-refractivity contribution in [1.29, 1.82) is 0 Å². The second kappa shape index (κ2) is 4.88. The topological polar surface area (TPSA) is 48.4 Å². The molecule has 1 aromatic heterocycles. The van der Waals surface area contributed by atoms with Gasteiger partial charge in [0, 0.05) is 29.6 Å². The second-order valence-electron chi connectivity index (χ2n) is 5.70. The fraction of sp³-hybridized carbons (Fsp3) is 0.294. The van der Waals surface area contributed by atoms with Gasteiger partial charge in [0.05, 0.1) is 5.52 Å². The summed E-state index contributed by atoms with van der Waals surface area (Å²) < 4.78 is 11.1. The van der Waals surface area contributed by atoms with Gasteiger partial charge < -0.3 is 9.47 Å². The highest BCUT2D eigenvalue weighted by atomic mass is 16.5. The standard InChI is InChI=1S/C17H17NO3/c1-11(19)20-10-13-5-7-18-15-8-12-4-6-17(2,3)21-16(12)9-14(13)15/h4-9H,10H2,1-3H3. The van der Waals surface area contributed by atoms with E-state index in [1.165, 1.54) is 6.92 Å². The van der Waals surface area contributed by atoms with Crippen LogP contribution in [0.1, 0.15) is 31.9 Å². The molecular weight excluding hydrogens is 266 g/mol. The maximum absolute atomic E-state index is 11.0. The van der Waals surface area contributed by atoms with Gasteiger partial charge >= 0.3 is 5.97 Å². The molecule has 2 aromatic rings. The lowest BCUT2D eigenvalue weighted by Crippen LogP contribution is -2.27. The van der Waals surface area contributed by atoms with Crippen LogP contribution in [-0.2, 0) is 16.1 Å². The predicted molar refractivity (Wildman–Crippen MR) is 81.0 cm³/mol. The Bertz CT molecular complexity index is 747. The van der Waals surface area contributed by atoms with Crippen LogP contribution in [0.25, 0.3) is 17.0 Å². The molecule has 0 atom stereocenters. The van der Waals surface area contributed by atoms with E-state index in [2.05, 4.69) is 11.1 Å². The predicted octanol–water partition coefficient (Wildman–Crippen LogP) is 3.48. The Morgan fingerprint density at radius 3 is 2.95 bits per heavy atom. The van der Waals surface area contributed by atoms with E-state index < -0.39 is 0 Å². The zero-order chi connectivity index (χ0) is 15.0. The zero-order valence-corrected chi connectivity index (χ0v) is 12.3. The van der Waals surface area contributed by atoms with Crippen molar-refractivity contribution in [1.82, 2.24) is 4.98 Å². The van der Waals surface area contributed by atoms with Crippen LogP contribution in [0.15, 0.2) is 30.5 Å². The number of hydrogen-bond donors (Lipinski definition) is 0. The summed E-state index contributed by atoms with van der Waals surface area (Å²) in [6, 6.07) is 5.83. The van der Waals surface area contributed by atoms with Crippen LogP contribution in [0.5, 0.6) is 5.75 Å². The van der Waals surface area contributed by atoms with Crippen molar-refractivity contribution < 1.29 is 14.3 Å². The van der Waals surface area contributed by atoms with Crippen molar-refractivity contribution in [3.05, 3.63) is 41.6 Å². The largest absolute Gasteiger partial charge is 0.483 e. The van der Waals surface area contributed by atoms with E-state index in [9.17, 15) is 4.79 Å². The van der Waals surface area contributed by atoms with Crippen LogP contribution in [0.2, 0.25) is 0 Å². The average molecular weight is 283 g/mol. The number of hydrogen-bond acceptors (Lipinski definition) is 4. The van der Waals surface area contributed by atoms with Crippen LogP contribution in [0.4, 0.5) is 0 Å². The van der Waals surface area contributed by atoms with E-state index in [1.807, 2.05) is 38.1 Å². The van der Waals surface area contributed by atoms with Gasteiger partial charge in [-0.1, -0.05) is 6.08 Å². The number of carbonyl (C=O) groups excluding carboxylic acids is 1. The number of ether oxygens (including phenoxy) is 2. The van der Waals surface area contributed by atoms with Gasteiger partial charge in [-0.2, -0.15) is 0 Å². The molecule has 1 aliphatic rings. The average Bonchev–Trinajstić information content (AvgIpc) is 2.42. The molecule has 2 heterocycles. The number of pyridine rings is 1. The fourth-order valence-electron chi connectivity index (χ4n) is 2.38. The van der Waals surface area contributed by atoms with Crippen LogP contribution >= 0.6 is 0 Å². The molecule has 0 unspecified atom stereocenters. The van der Waals surface area contributed by atoms with Crippen molar-refractivity contribution >= 4 is 22.9 Å². The Morgan fingerprint density at radius 1 is 1.38 bits per heavy atom. The molecule has 1 aromatic carbocycles. The first-order valence-corrected chi connectivity index (χ1v) is 6.88. The van der Waals surface area contributed by atoms with E-state index >= 15 is 0 Å². The Balaban J connectivity index is 2.08. The van der Waals surface area contributed by atoms with Crippen molar-refractivity contribution in [2.45, 2.75) is 33.0 Å². The third kappa shape index (κ3) is 2.75. The SMILES string of the molecule is CC(=O)OCc1ccnc2cc3c(cc12)OC(C)(C)C=C3. The third-order valence-electron chi connectivity index (χ3n) is 3.43. The van der Waals surface area contributed by atoms with E-state index in [-0.39, 0.29) is 18.2 Å². The molecule has 0 fully saturated rings. The molecule has 0 N–H and O–H groups in total. The van der Waals surface area contributed by atoms with Crippen LogP contribution < -0.4 is 4.74 Å². The number of carbonyl (C=O) groups is 1. The van der Waals surface area contributed by atoms with Gasteiger partial charge in [-0.25, -0.2) is 0 Å². The van der Waals surface area contributed by atoms with Crippen LogP contribution in [0, 0.1) is 0 Å². The second-order valence-corrected chi connectivity index (χ2v) is 5.70. The molecule has 0 saturated carbocycles. The molecule has 0 radical (unpaired) electrons. The number of benzene rings is 1. The van der Waals surface area contributed by atoms with Gasteiger partial charge in [0.1, 0.15) is 18.0 Å². The molecule has 1 aliphatic heterocycles. The quantitative estimate of drug-likeness (QED) is 0.792. The van der Waals surface area contributed by atoms with Crippen LogP contribution in [-0.4, -0.2) is 16.6 Å². The van der Waals surface area contributed by atoms with Gasteiger partial charge in [0.25, 0.3) is 0 Å². The first-order chi connectivity index (χ1) is 9.94. The Hall–Kier alpha value is -2.36. The van der Waals surface area contributed by atoms with Crippen molar-refractivity contribution in [2.24, 2.45) is 0 Å². The molecule has 0 spiro atoms. The summed E-state index contributed by atoms with van der Waals surface area (Å²) in [4.78, 5) is 15.4. The summed E-state index contributed by atoms with van der Waals surface area (Å²) in [7, 11) is 0. The summed E-state index contributed by atoms with van der Waals surface area (Å²) in [5, 5.41) is 0.948. The molecule has 108 valence electrons. The number of nitrogens with zero attached hydrogens (tertiary/aromatic N) is 1. The fourth-order valence-corrected chi connectivity index (χ4v) is 2.38. The van der Waals surface area contributed by atoms with Crippen molar-refractivity contribution in [3.8, 4) is 5.75 Å². The smallest absolute Gasteiger partial charge is 0.302 e. The third-order valence-corrected chi connectivity index (χ3v) is 3.43. The maximum atomic E-state index is 11.0. The van der Waals surface area contributed by atoms with E-state index in [1.54, 1.807) is 6.20 Å². The molecule has 0 amide bonds.